The molecule has 0 aliphatic rings. The van der Waals surface area contributed by atoms with Crippen molar-refractivity contribution < 1.29 is 13.5 Å². The number of rotatable bonds is 2. The molecule has 2 rings (SSSR count). The molecule has 2 N–H and O–H groups in total. The molecule has 0 fully saturated rings. The Balaban J connectivity index is 2.23. The Morgan fingerprint density at radius 3 is 1.94 bits per heavy atom. The average Bonchev–Trinajstić information content (AvgIpc) is 2.20. The monoisotopic (exact) mass is 221 g/mol. The fourth-order valence-electron chi connectivity index (χ4n) is 1.26. The molecule has 0 aliphatic carbocycles. The average molecular weight is 221 g/mol. The SMILES string of the molecule is Nc1ccc(Oc2cc(F)cc(F)c2)cc1. The second-order valence-corrected chi connectivity index (χ2v) is 3.28. The van der Waals surface area contributed by atoms with Crippen LogP contribution >= 0.6 is 0 Å². The van der Waals surface area contributed by atoms with Gasteiger partial charge in [0.05, 0.1) is 0 Å². The number of ether oxygens (including phenoxy) is 1. The second-order valence-electron chi connectivity index (χ2n) is 3.28. The van der Waals surface area contributed by atoms with E-state index in [1.54, 1.807) is 24.3 Å². The van der Waals surface area contributed by atoms with E-state index in [1.807, 2.05) is 0 Å². The molecule has 82 valence electrons. The molecule has 0 heterocycles. The molecule has 2 nitrogen and oxygen atoms in total. The molecule has 0 radical (unpaired) electrons. The maximum Gasteiger partial charge on any atom is 0.133 e. The van der Waals surface area contributed by atoms with E-state index < -0.39 is 11.6 Å². The number of benzene rings is 2. The Morgan fingerprint density at radius 1 is 0.812 bits per heavy atom. The number of halogens is 2. The van der Waals surface area contributed by atoms with Gasteiger partial charge in [-0.2, -0.15) is 0 Å². The van der Waals surface area contributed by atoms with Crippen LogP contribution in [0, 0.1) is 11.6 Å². The summed E-state index contributed by atoms with van der Waals surface area (Å²) < 4.78 is 31.0. The van der Waals surface area contributed by atoms with E-state index in [-0.39, 0.29) is 5.75 Å². The highest BCUT2D eigenvalue weighted by Gasteiger charge is 2.02. The fraction of sp³-hybridized carbons (Fsp3) is 0. The van der Waals surface area contributed by atoms with Gasteiger partial charge in [-0.25, -0.2) is 8.78 Å². The molecule has 0 atom stereocenters. The summed E-state index contributed by atoms with van der Waals surface area (Å²) in [6.07, 6.45) is 0. The van der Waals surface area contributed by atoms with Crippen molar-refractivity contribution in [1.82, 2.24) is 0 Å². The maximum absolute atomic E-state index is 12.9. The normalized spacial score (nSPS) is 10.1. The minimum absolute atomic E-state index is 0.113. The van der Waals surface area contributed by atoms with Crippen LogP contribution in [0.1, 0.15) is 0 Å². The van der Waals surface area contributed by atoms with Crippen LogP contribution in [0.3, 0.4) is 0 Å². The molecule has 0 bridgehead atoms. The van der Waals surface area contributed by atoms with Crippen LogP contribution in [0.2, 0.25) is 0 Å². The van der Waals surface area contributed by atoms with Crippen molar-refractivity contribution >= 4 is 5.69 Å². The van der Waals surface area contributed by atoms with E-state index in [0.29, 0.717) is 11.4 Å². The summed E-state index contributed by atoms with van der Waals surface area (Å²) in [6.45, 7) is 0. The summed E-state index contributed by atoms with van der Waals surface area (Å²) >= 11 is 0. The molecule has 0 spiro atoms. The molecule has 0 amide bonds. The molecule has 0 aliphatic heterocycles. The summed E-state index contributed by atoms with van der Waals surface area (Å²) in [7, 11) is 0. The standard InChI is InChI=1S/C12H9F2NO/c13-8-5-9(14)7-12(6-8)16-11-3-1-10(15)2-4-11/h1-7H,15H2. The highest BCUT2D eigenvalue weighted by molar-refractivity contribution is 5.43. The number of hydrogen-bond acceptors (Lipinski definition) is 2. The van der Waals surface area contributed by atoms with Gasteiger partial charge >= 0.3 is 0 Å². The Bertz CT molecular complexity index is 477. The zero-order valence-corrected chi connectivity index (χ0v) is 8.28. The van der Waals surface area contributed by atoms with Gasteiger partial charge in [-0.15, -0.1) is 0 Å². The molecular weight excluding hydrogens is 212 g/mol. The van der Waals surface area contributed by atoms with Crippen LogP contribution in [-0.4, -0.2) is 0 Å². The Labute approximate surface area is 91.3 Å². The van der Waals surface area contributed by atoms with Crippen molar-refractivity contribution in [2.45, 2.75) is 0 Å². The van der Waals surface area contributed by atoms with Crippen LogP contribution in [0.4, 0.5) is 14.5 Å². The van der Waals surface area contributed by atoms with E-state index in [2.05, 4.69) is 0 Å². The van der Waals surface area contributed by atoms with Gasteiger partial charge in [0.15, 0.2) is 0 Å². The first kappa shape index (κ1) is 10.4. The van der Waals surface area contributed by atoms with Gasteiger partial charge in [0.2, 0.25) is 0 Å². The van der Waals surface area contributed by atoms with Gasteiger partial charge in [0.1, 0.15) is 23.1 Å². The van der Waals surface area contributed by atoms with Gasteiger partial charge < -0.3 is 10.5 Å². The zero-order chi connectivity index (χ0) is 11.5. The number of anilines is 1. The van der Waals surface area contributed by atoms with Gasteiger partial charge in [0, 0.05) is 23.9 Å². The molecule has 16 heavy (non-hydrogen) atoms. The van der Waals surface area contributed by atoms with E-state index in [4.69, 9.17) is 10.5 Å². The lowest BCUT2D eigenvalue weighted by atomic mass is 10.3. The topological polar surface area (TPSA) is 35.2 Å². The quantitative estimate of drug-likeness (QED) is 0.789. The van der Waals surface area contributed by atoms with Gasteiger partial charge in [-0.05, 0) is 24.3 Å². The molecule has 0 unspecified atom stereocenters. The third-order valence-electron chi connectivity index (χ3n) is 1.95. The summed E-state index contributed by atoms with van der Waals surface area (Å²) in [4.78, 5) is 0. The maximum atomic E-state index is 12.9. The lowest BCUT2D eigenvalue weighted by molar-refractivity contribution is 0.468. The van der Waals surface area contributed by atoms with E-state index >= 15 is 0 Å². The predicted molar refractivity (Wildman–Crippen MR) is 57.3 cm³/mol. The molecule has 0 saturated heterocycles. The molecule has 2 aromatic rings. The Hall–Kier alpha value is -2.10. The van der Waals surface area contributed by atoms with Crippen LogP contribution in [0.15, 0.2) is 42.5 Å². The van der Waals surface area contributed by atoms with Crippen molar-refractivity contribution in [2.24, 2.45) is 0 Å². The zero-order valence-electron chi connectivity index (χ0n) is 8.28. The Kier molecular flexibility index (Phi) is 2.72. The van der Waals surface area contributed by atoms with Gasteiger partial charge in [-0.1, -0.05) is 0 Å². The lowest BCUT2D eigenvalue weighted by Crippen LogP contribution is -1.88. The molecule has 0 saturated carbocycles. The first-order valence-corrected chi connectivity index (χ1v) is 4.63. The van der Waals surface area contributed by atoms with Crippen LogP contribution < -0.4 is 10.5 Å². The minimum Gasteiger partial charge on any atom is -0.457 e. The van der Waals surface area contributed by atoms with Crippen molar-refractivity contribution in [3.8, 4) is 11.5 Å². The molecule has 2 aromatic carbocycles. The van der Waals surface area contributed by atoms with Crippen molar-refractivity contribution in [1.29, 1.82) is 0 Å². The second kappa shape index (κ2) is 4.18. The molecular formula is C12H9F2NO. The summed E-state index contributed by atoms with van der Waals surface area (Å²) in [5, 5.41) is 0. The Morgan fingerprint density at radius 2 is 1.38 bits per heavy atom. The van der Waals surface area contributed by atoms with Crippen molar-refractivity contribution in [3.05, 3.63) is 54.1 Å². The largest absolute Gasteiger partial charge is 0.457 e. The smallest absolute Gasteiger partial charge is 0.133 e. The van der Waals surface area contributed by atoms with E-state index in [1.165, 1.54) is 0 Å². The summed E-state index contributed by atoms with van der Waals surface area (Å²) in [5.41, 5.74) is 6.09. The van der Waals surface area contributed by atoms with Crippen LogP contribution in [0.25, 0.3) is 0 Å². The number of hydrogen-bond donors (Lipinski definition) is 1. The number of nitrogens with two attached hydrogens (primary N) is 1. The van der Waals surface area contributed by atoms with Gasteiger partial charge in [0.25, 0.3) is 0 Å². The number of nitrogen functional groups attached to an aromatic ring is 1. The van der Waals surface area contributed by atoms with Gasteiger partial charge in [-0.3, -0.25) is 0 Å². The van der Waals surface area contributed by atoms with E-state index in [9.17, 15) is 8.78 Å². The fourth-order valence-corrected chi connectivity index (χ4v) is 1.26. The first-order valence-electron chi connectivity index (χ1n) is 4.63. The summed E-state index contributed by atoms with van der Waals surface area (Å²) in [6, 6.07) is 9.54. The predicted octanol–water partition coefficient (Wildman–Crippen LogP) is 3.34. The first-order chi connectivity index (χ1) is 7.63. The van der Waals surface area contributed by atoms with E-state index in [0.717, 1.165) is 18.2 Å². The van der Waals surface area contributed by atoms with Crippen LogP contribution in [-0.2, 0) is 0 Å². The molecule has 4 heteroatoms. The van der Waals surface area contributed by atoms with Crippen LogP contribution in [0.5, 0.6) is 11.5 Å². The van der Waals surface area contributed by atoms with Crippen molar-refractivity contribution in [3.63, 3.8) is 0 Å². The van der Waals surface area contributed by atoms with Crippen molar-refractivity contribution in [2.75, 3.05) is 5.73 Å². The third kappa shape index (κ3) is 2.48. The third-order valence-corrected chi connectivity index (χ3v) is 1.95. The lowest BCUT2D eigenvalue weighted by Gasteiger charge is -2.05. The summed E-state index contributed by atoms with van der Waals surface area (Å²) in [5.74, 6) is -0.766. The highest BCUT2D eigenvalue weighted by Crippen LogP contribution is 2.23. The molecule has 0 aromatic heterocycles. The minimum atomic E-state index is -0.676. The highest BCUT2D eigenvalue weighted by atomic mass is 19.1.